The van der Waals surface area contributed by atoms with E-state index in [1.54, 1.807) is 11.1 Å². The summed E-state index contributed by atoms with van der Waals surface area (Å²) in [6, 6.07) is 5.39. The summed E-state index contributed by atoms with van der Waals surface area (Å²) in [7, 11) is 0. The molecule has 2 aromatic rings. The third-order valence-corrected chi connectivity index (χ3v) is 3.35. The standard InChI is InChI=1S/C14H14FN5O/c15-10-1-3-11(4-2-10)18-14(21)20-6-5-9-7-17-13(16)19-12(9)8-20/h1-4,7H,5-6,8H2,(H,18,21)(H2,16,17,19). The van der Waals surface area contributed by atoms with Gasteiger partial charge in [-0.1, -0.05) is 0 Å². The molecule has 0 radical (unpaired) electrons. The fraction of sp³-hybridized carbons (Fsp3) is 0.214. The Hall–Kier alpha value is -2.70. The minimum atomic E-state index is -0.341. The van der Waals surface area contributed by atoms with Gasteiger partial charge >= 0.3 is 6.03 Å². The van der Waals surface area contributed by atoms with Gasteiger partial charge in [0.2, 0.25) is 5.95 Å². The molecule has 2 amide bonds. The van der Waals surface area contributed by atoms with Gasteiger partial charge < -0.3 is 16.0 Å². The first kappa shape index (κ1) is 13.3. The SMILES string of the molecule is Nc1ncc2c(n1)CN(C(=O)Nc1ccc(F)cc1)CC2. The quantitative estimate of drug-likeness (QED) is 0.837. The van der Waals surface area contributed by atoms with Crippen molar-refractivity contribution >= 4 is 17.7 Å². The van der Waals surface area contributed by atoms with Crippen LogP contribution < -0.4 is 11.1 Å². The van der Waals surface area contributed by atoms with E-state index in [1.807, 2.05) is 0 Å². The number of nitrogens with zero attached hydrogens (tertiary/aromatic N) is 3. The smallest absolute Gasteiger partial charge is 0.322 e. The van der Waals surface area contributed by atoms with Crippen LogP contribution >= 0.6 is 0 Å². The molecule has 3 N–H and O–H groups in total. The van der Waals surface area contributed by atoms with Gasteiger partial charge in [0, 0.05) is 18.4 Å². The van der Waals surface area contributed by atoms with Gasteiger partial charge in [-0.15, -0.1) is 0 Å². The fourth-order valence-electron chi connectivity index (χ4n) is 2.23. The number of halogens is 1. The van der Waals surface area contributed by atoms with Gasteiger partial charge in [-0.2, -0.15) is 0 Å². The lowest BCUT2D eigenvalue weighted by Crippen LogP contribution is -2.39. The van der Waals surface area contributed by atoms with E-state index >= 15 is 0 Å². The molecule has 0 saturated heterocycles. The van der Waals surface area contributed by atoms with Crippen LogP contribution in [-0.2, 0) is 13.0 Å². The number of benzene rings is 1. The summed E-state index contributed by atoms with van der Waals surface area (Å²) < 4.78 is 12.8. The number of carbonyl (C=O) groups excluding carboxylic acids is 1. The zero-order valence-electron chi connectivity index (χ0n) is 11.2. The number of hydrogen-bond acceptors (Lipinski definition) is 4. The van der Waals surface area contributed by atoms with Crippen molar-refractivity contribution in [2.24, 2.45) is 0 Å². The van der Waals surface area contributed by atoms with Crippen LogP contribution in [0.15, 0.2) is 30.5 Å². The lowest BCUT2D eigenvalue weighted by Gasteiger charge is -2.28. The van der Waals surface area contributed by atoms with Crippen LogP contribution in [0, 0.1) is 5.82 Å². The molecule has 0 fully saturated rings. The minimum Gasteiger partial charge on any atom is -0.368 e. The molecule has 108 valence electrons. The number of nitrogens with two attached hydrogens (primary N) is 1. The van der Waals surface area contributed by atoms with Crippen molar-refractivity contribution in [3.63, 3.8) is 0 Å². The second-order valence-corrected chi connectivity index (χ2v) is 4.81. The summed E-state index contributed by atoms with van der Waals surface area (Å²) in [6.45, 7) is 0.961. The number of fused-ring (bicyclic) bond motifs is 1. The van der Waals surface area contributed by atoms with Gasteiger partial charge in [0.25, 0.3) is 0 Å². The number of aromatic nitrogens is 2. The predicted octanol–water partition coefficient (Wildman–Crippen LogP) is 1.79. The van der Waals surface area contributed by atoms with Crippen molar-refractivity contribution in [3.8, 4) is 0 Å². The molecule has 0 bridgehead atoms. The third kappa shape index (κ3) is 2.91. The second kappa shape index (κ2) is 5.35. The molecule has 0 atom stereocenters. The minimum absolute atomic E-state index is 0.203. The van der Waals surface area contributed by atoms with E-state index in [9.17, 15) is 9.18 Å². The van der Waals surface area contributed by atoms with E-state index in [0.717, 1.165) is 11.3 Å². The van der Waals surface area contributed by atoms with Crippen LogP contribution in [0.25, 0.3) is 0 Å². The maximum atomic E-state index is 12.8. The van der Waals surface area contributed by atoms with Crippen LogP contribution in [0.2, 0.25) is 0 Å². The summed E-state index contributed by atoms with van der Waals surface area (Å²) in [4.78, 5) is 21.9. The number of amides is 2. The van der Waals surface area contributed by atoms with Gasteiger partial charge in [-0.3, -0.25) is 0 Å². The zero-order valence-corrected chi connectivity index (χ0v) is 11.2. The van der Waals surface area contributed by atoms with Crippen LogP contribution in [0.5, 0.6) is 0 Å². The molecule has 6 nitrogen and oxygen atoms in total. The Bertz CT molecular complexity index is 674. The van der Waals surface area contributed by atoms with Crippen molar-refractivity contribution in [2.45, 2.75) is 13.0 Å². The molecule has 1 aromatic carbocycles. The molecule has 1 aliphatic rings. The molecule has 0 aliphatic carbocycles. The normalized spacial score (nSPS) is 13.7. The number of urea groups is 1. The van der Waals surface area contributed by atoms with Gasteiger partial charge in [0.1, 0.15) is 5.82 Å². The zero-order chi connectivity index (χ0) is 14.8. The predicted molar refractivity (Wildman–Crippen MR) is 76.0 cm³/mol. The highest BCUT2D eigenvalue weighted by atomic mass is 19.1. The Labute approximate surface area is 120 Å². The van der Waals surface area contributed by atoms with Crippen LogP contribution in [0.1, 0.15) is 11.3 Å². The van der Waals surface area contributed by atoms with Crippen molar-refractivity contribution in [3.05, 3.63) is 47.5 Å². The van der Waals surface area contributed by atoms with E-state index in [0.29, 0.717) is 25.2 Å². The van der Waals surface area contributed by atoms with Gasteiger partial charge in [-0.05, 0) is 36.2 Å². The Morgan fingerprint density at radius 3 is 2.86 bits per heavy atom. The average Bonchev–Trinajstić information content (AvgIpc) is 2.48. The second-order valence-electron chi connectivity index (χ2n) is 4.81. The molecule has 21 heavy (non-hydrogen) atoms. The summed E-state index contributed by atoms with van der Waals surface area (Å²) in [5.41, 5.74) is 7.89. The third-order valence-electron chi connectivity index (χ3n) is 3.35. The van der Waals surface area contributed by atoms with Crippen LogP contribution in [0.3, 0.4) is 0 Å². The Balaban J connectivity index is 1.70. The number of nitrogen functional groups attached to an aromatic ring is 1. The summed E-state index contributed by atoms with van der Waals surface area (Å²) in [6.07, 6.45) is 2.39. The molecule has 1 aromatic heterocycles. The molecule has 1 aliphatic heterocycles. The van der Waals surface area contributed by atoms with E-state index in [2.05, 4.69) is 15.3 Å². The van der Waals surface area contributed by atoms with Crippen molar-refractivity contribution < 1.29 is 9.18 Å². The van der Waals surface area contributed by atoms with E-state index < -0.39 is 0 Å². The van der Waals surface area contributed by atoms with Crippen molar-refractivity contribution in [1.29, 1.82) is 0 Å². The molecular formula is C14H14FN5O. The van der Waals surface area contributed by atoms with Crippen LogP contribution in [-0.4, -0.2) is 27.4 Å². The van der Waals surface area contributed by atoms with Crippen LogP contribution in [0.4, 0.5) is 20.8 Å². The van der Waals surface area contributed by atoms with E-state index in [-0.39, 0.29) is 17.8 Å². The molecule has 7 heteroatoms. The Morgan fingerprint density at radius 1 is 1.33 bits per heavy atom. The summed E-state index contributed by atoms with van der Waals surface area (Å²) >= 11 is 0. The highest BCUT2D eigenvalue weighted by molar-refractivity contribution is 5.89. The van der Waals surface area contributed by atoms with Crippen molar-refractivity contribution in [2.75, 3.05) is 17.6 Å². The lowest BCUT2D eigenvalue weighted by molar-refractivity contribution is 0.205. The fourth-order valence-corrected chi connectivity index (χ4v) is 2.23. The summed E-state index contributed by atoms with van der Waals surface area (Å²) in [5, 5.41) is 2.73. The number of hydrogen-bond donors (Lipinski definition) is 2. The first-order valence-electron chi connectivity index (χ1n) is 6.53. The first-order chi connectivity index (χ1) is 10.1. The Kier molecular flexibility index (Phi) is 3.39. The topological polar surface area (TPSA) is 84.1 Å². The van der Waals surface area contributed by atoms with Gasteiger partial charge in [0.05, 0.1) is 12.2 Å². The Morgan fingerprint density at radius 2 is 2.10 bits per heavy atom. The van der Waals surface area contributed by atoms with Gasteiger partial charge in [0.15, 0.2) is 0 Å². The largest absolute Gasteiger partial charge is 0.368 e. The molecule has 2 heterocycles. The lowest BCUT2D eigenvalue weighted by atomic mass is 10.1. The number of anilines is 2. The molecular weight excluding hydrogens is 273 g/mol. The molecule has 3 rings (SSSR count). The number of carbonyl (C=O) groups is 1. The summed E-state index contributed by atoms with van der Waals surface area (Å²) in [5.74, 6) is -0.137. The maximum Gasteiger partial charge on any atom is 0.322 e. The van der Waals surface area contributed by atoms with E-state index in [1.165, 1.54) is 24.3 Å². The first-order valence-corrected chi connectivity index (χ1v) is 6.53. The maximum absolute atomic E-state index is 12.8. The number of rotatable bonds is 1. The molecule has 0 spiro atoms. The highest BCUT2D eigenvalue weighted by Crippen LogP contribution is 2.18. The van der Waals surface area contributed by atoms with E-state index in [4.69, 9.17) is 5.73 Å². The van der Waals surface area contributed by atoms with Crippen molar-refractivity contribution in [1.82, 2.24) is 14.9 Å². The number of nitrogens with one attached hydrogen (secondary N) is 1. The van der Waals surface area contributed by atoms with Gasteiger partial charge in [-0.25, -0.2) is 19.2 Å². The highest BCUT2D eigenvalue weighted by Gasteiger charge is 2.22. The average molecular weight is 287 g/mol. The molecule has 0 unspecified atom stereocenters. The monoisotopic (exact) mass is 287 g/mol. The molecule has 0 saturated carbocycles.